The molecule has 1 aromatic heterocycles. The van der Waals surface area contributed by atoms with Crippen molar-refractivity contribution in [1.82, 2.24) is 4.98 Å². The summed E-state index contributed by atoms with van der Waals surface area (Å²) >= 11 is 0. The van der Waals surface area contributed by atoms with Crippen LogP contribution in [0.25, 0.3) is 0 Å². The van der Waals surface area contributed by atoms with Crippen LogP contribution in [0.5, 0.6) is 0 Å². The molecule has 0 aliphatic rings. The van der Waals surface area contributed by atoms with E-state index < -0.39 is 29.3 Å². The number of carbonyl (C=O) groups is 1. The van der Waals surface area contributed by atoms with Crippen LogP contribution in [0.15, 0.2) is 6.20 Å². The van der Waals surface area contributed by atoms with Gasteiger partial charge < -0.3 is 0 Å². The minimum Gasteiger partial charge on any atom is -0.298 e. The van der Waals surface area contributed by atoms with Crippen molar-refractivity contribution in [2.45, 2.75) is 6.43 Å². The van der Waals surface area contributed by atoms with Crippen LogP contribution in [0.3, 0.4) is 0 Å². The Morgan fingerprint density at radius 3 is 2.46 bits per heavy atom. The lowest BCUT2D eigenvalue weighted by atomic mass is 10.2. The number of halogens is 4. The fourth-order valence-electron chi connectivity index (χ4n) is 0.751. The molecule has 70 valence electrons. The summed E-state index contributed by atoms with van der Waals surface area (Å²) in [7, 11) is 0. The van der Waals surface area contributed by atoms with Crippen LogP contribution in [-0.4, -0.2) is 11.3 Å². The number of carbonyl (C=O) groups excluding carboxylic acids is 1. The third kappa shape index (κ3) is 1.66. The van der Waals surface area contributed by atoms with Gasteiger partial charge in [-0.25, -0.2) is 18.2 Å². The van der Waals surface area contributed by atoms with Crippen molar-refractivity contribution in [2.24, 2.45) is 0 Å². The van der Waals surface area contributed by atoms with Crippen LogP contribution in [0.1, 0.15) is 22.3 Å². The third-order valence-corrected chi connectivity index (χ3v) is 1.38. The number of nitrogens with zero attached hydrogens (tertiary/aromatic N) is 1. The molecule has 0 spiro atoms. The van der Waals surface area contributed by atoms with Gasteiger partial charge in [0.2, 0.25) is 5.95 Å². The molecule has 0 unspecified atom stereocenters. The Balaban J connectivity index is 3.35. The summed E-state index contributed by atoms with van der Waals surface area (Å²) in [6.45, 7) is 0. The van der Waals surface area contributed by atoms with Crippen LogP contribution >= 0.6 is 0 Å². The lowest BCUT2D eigenvalue weighted by Crippen LogP contribution is -2.02. The van der Waals surface area contributed by atoms with Gasteiger partial charge in [-0.2, -0.15) is 4.39 Å². The van der Waals surface area contributed by atoms with Crippen molar-refractivity contribution in [1.29, 1.82) is 0 Å². The number of alkyl halides is 2. The third-order valence-electron chi connectivity index (χ3n) is 1.38. The van der Waals surface area contributed by atoms with Gasteiger partial charge in [0.1, 0.15) is 11.4 Å². The zero-order valence-electron chi connectivity index (χ0n) is 6.10. The number of aromatic nitrogens is 1. The highest BCUT2D eigenvalue weighted by atomic mass is 19.3. The molecular weight excluding hydrogens is 190 g/mol. The van der Waals surface area contributed by atoms with E-state index in [1.165, 1.54) is 0 Å². The molecule has 0 saturated carbocycles. The smallest absolute Gasteiger partial charge is 0.268 e. The Bertz CT molecular complexity index is 340. The fourth-order valence-corrected chi connectivity index (χ4v) is 0.751. The molecule has 0 bridgehead atoms. The molecule has 0 fully saturated rings. The molecule has 13 heavy (non-hydrogen) atoms. The van der Waals surface area contributed by atoms with Gasteiger partial charge in [-0.15, -0.1) is 0 Å². The molecule has 0 aliphatic heterocycles. The Morgan fingerprint density at radius 1 is 1.38 bits per heavy atom. The average Bonchev–Trinajstić information content (AvgIpc) is 2.04. The highest BCUT2D eigenvalue weighted by molar-refractivity contribution is 5.75. The minimum absolute atomic E-state index is 0.191. The number of rotatable bonds is 2. The Kier molecular flexibility index (Phi) is 2.60. The second kappa shape index (κ2) is 3.51. The maximum Gasteiger partial charge on any atom is 0.268 e. The van der Waals surface area contributed by atoms with E-state index in [4.69, 9.17) is 0 Å². The second-order valence-electron chi connectivity index (χ2n) is 2.15. The zero-order chi connectivity index (χ0) is 10.0. The predicted molar refractivity (Wildman–Crippen MR) is 34.5 cm³/mol. The summed E-state index contributed by atoms with van der Waals surface area (Å²) in [5.41, 5.74) is -2.15. The highest BCUT2D eigenvalue weighted by Gasteiger charge is 2.20. The van der Waals surface area contributed by atoms with E-state index in [-0.39, 0.29) is 6.29 Å². The van der Waals surface area contributed by atoms with Gasteiger partial charge in [-0.05, 0) is 0 Å². The van der Waals surface area contributed by atoms with Gasteiger partial charge in [0.25, 0.3) is 6.43 Å². The molecule has 0 saturated heterocycles. The minimum atomic E-state index is -3.12. The molecule has 1 rings (SSSR count). The molecule has 0 amide bonds. The van der Waals surface area contributed by atoms with E-state index in [9.17, 15) is 22.4 Å². The second-order valence-corrected chi connectivity index (χ2v) is 2.15. The highest BCUT2D eigenvalue weighted by Crippen LogP contribution is 2.23. The fraction of sp³-hybridized carbons (Fsp3) is 0.143. The normalized spacial score (nSPS) is 10.5. The van der Waals surface area contributed by atoms with Gasteiger partial charge in [0.15, 0.2) is 6.29 Å². The Morgan fingerprint density at radius 2 is 2.00 bits per heavy atom. The topological polar surface area (TPSA) is 30.0 Å². The lowest BCUT2D eigenvalue weighted by molar-refractivity contribution is 0.111. The molecule has 2 nitrogen and oxygen atoms in total. The average molecular weight is 193 g/mol. The first-order valence-corrected chi connectivity index (χ1v) is 3.15. The quantitative estimate of drug-likeness (QED) is 0.409. The number of hydrogen-bond acceptors (Lipinski definition) is 2. The van der Waals surface area contributed by atoms with Crippen molar-refractivity contribution >= 4 is 6.29 Å². The van der Waals surface area contributed by atoms with Crippen molar-refractivity contribution in [3.63, 3.8) is 0 Å². The standard InChI is InChI=1S/C7H3F4NO/c8-5-3(6(9)10)1-12-7(11)4(5)2-13/h1-2,6H. The molecule has 1 aromatic rings. The van der Waals surface area contributed by atoms with Gasteiger partial charge in [-0.3, -0.25) is 4.79 Å². The van der Waals surface area contributed by atoms with Crippen molar-refractivity contribution < 1.29 is 22.4 Å². The van der Waals surface area contributed by atoms with E-state index in [0.717, 1.165) is 0 Å². The molecule has 0 aliphatic carbocycles. The summed E-state index contributed by atoms with van der Waals surface area (Å²) in [6.07, 6.45) is -2.95. The van der Waals surface area contributed by atoms with E-state index in [0.29, 0.717) is 6.20 Å². The Hall–Kier alpha value is -1.46. The van der Waals surface area contributed by atoms with Crippen molar-refractivity contribution in [3.8, 4) is 0 Å². The van der Waals surface area contributed by atoms with Gasteiger partial charge in [0, 0.05) is 6.20 Å². The summed E-state index contributed by atoms with van der Waals surface area (Å²) in [6, 6.07) is 0. The molecular formula is C7H3F4NO. The van der Waals surface area contributed by atoms with Crippen LogP contribution in [0, 0.1) is 11.8 Å². The summed E-state index contributed by atoms with van der Waals surface area (Å²) < 4.78 is 49.2. The van der Waals surface area contributed by atoms with Gasteiger partial charge >= 0.3 is 0 Å². The predicted octanol–water partition coefficient (Wildman–Crippen LogP) is 2.11. The number of aldehydes is 1. The largest absolute Gasteiger partial charge is 0.298 e. The number of pyridine rings is 1. The molecule has 0 aromatic carbocycles. The zero-order valence-corrected chi connectivity index (χ0v) is 6.10. The first kappa shape index (κ1) is 9.63. The summed E-state index contributed by atoms with van der Waals surface area (Å²) in [4.78, 5) is 12.9. The van der Waals surface area contributed by atoms with Crippen LogP contribution in [0.4, 0.5) is 17.6 Å². The van der Waals surface area contributed by atoms with E-state index >= 15 is 0 Å². The monoisotopic (exact) mass is 193 g/mol. The number of hydrogen-bond donors (Lipinski definition) is 0. The molecule has 0 N–H and O–H groups in total. The van der Waals surface area contributed by atoms with E-state index in [1.54, 1.807) is 0 Å². The van der Waals surface area contributed by atoms with E-state index in [1.807, 2.05) is 0 Å². The van der Waals surface area contributed by atoms with Crippen LogP contribution < -0.4 is 0 Å². The molecule has 6 heteroatoms. The molecule has 0 atom stereocenters. The maximum atomic E-state index is 12.8. The maximum absolute atomic E-state index is 12.8. The lowest BCUT2D eigenvalue weighted by Gasteiger charge is -2.02. The summed E-state index contributed by atoms with van der Waals surface area (Å²) in [5.74, 6) is -2.95. The van der Waals surface area contributed by atoms with Crippen LogP contribution in [0.2, 0.25) is 0 Å². The van der Waals surface area contributed by atoms with Gasteiger partial charge in [-0.1, -0.05) is 0 Å². The Labute approximate surface area is 70.2 Å². The summed E-state index contributed by atoms with van der Waals surface area (Å²) in [5, 5.41) is 0. The first-order chi connectivity index (χ1) is 6.07. The molecule has 1 heterocycles. The van der Waals surface area contributed by atoms with Crippen molar-refractivity contribution in [3.05, 3.63) is 29.1 Å². The molecule has 0 radical (unpaired) electrons. The van der Waals surface area contributed by atoms with Gasteiger partial charge in [0.05, 0.1) is 5.56 Å². The van der Waals surface area contributed by atoms with E-state index in [2.05, 4.69) is 4.98 Å². The first-order valence-electron chi connectivity index (χ1n) is 3.15. The van der Waals surface area contributed by atoms with Crippen molar-refractivity contribution in [2.75, 3.05) is 0 Å². The SMILES string of the molecule is O=Cc1c(F)ncc(C(F)F)c1F. The van der Waals surface area contributed by atoms with Crippen LogP contribution in [-0.2, 0) is 0 Å².